The molecule has 0 aliphatic carbocycles. The van der Waals surface area contributed by atoms with Crippen molar-refractivity contribution in [1.82, 2.24) is 4.90 Å². The van der Waals surface area contributed by atoms with Crippen LogP contribution >= 0.6 is 11.8 Å². The molecule has 0 spiro atoms. The first-order valence-electron chi connectivity index (χ1n) is 6.72. The van der Waals surface area contributed by atoms with Crippen molar-refractivity contribution in [3.05, 3.63) is 29.8 Å². The van der Waals surface area contributed by atoms with Gasteiger partial charge in [-0.1, -0.05) is 12.1 Å². The van der Waals surface area contributed by atoms with Gasteiger partial charge in [0, 0.05) is 42.4 Å². The maximum atomic E-state index is 3.51. The predicted octanol–water partition coefficient (Wildman–Crippen LogP) is 3.23. The Balaban J connectivity index is 1.75. The van der Waals surface area contributed by atoms with Crippen LogP contribution in [0.2, 0.25) is 0 Å². The Labute approximate surface area is 115 Å². The first-order valence-corrected chi connectivity index (χ1v) is 7.71. The molecule has 2 nitrogen and oxygen atoms in total. The van der Waals surface area contributed by atoms with Crippen LogP contribution in [0, 0.1) is 6.92 Å². The second kappa shape index (κ2) is 5.98. The summed E-state index contributed by atoms with van der Waals surface area (Å²) in [5, 5.41) is 3.51. The molecule has 1 aliphatic rings. The van der Waals surface area contributed by atoms with Crippen LogP contribution in [-0.2, 0) is 0 Å². The molecule has 2 rings (SSSR count). The van der Waals surface area contributed by atoms with E-state index >= 15 is 0 Å². The lowest BCUT2D eigenvalue weighted by molar-refractivity contribution is 0.270. The predicted molar refractivity (Wildman–Crippen MR) is 82.6 cm³/mol. The summed E-state index contributed by atoms with van der Waals surface area (Å²) in [6, 6.07) is 8.59. The number of nitrogens with one attached hydrogen (secondary N) is 1. The fourth-order valence-electron chi connectivity index (χ4n) is 2.42. The first-order chi connectivity index (χ1) is 8.55. The van der Waals surface area contributed by atoms with Crippen molar-refractivity contribution >= 4 is 17.4 Å². The van der Waals surface area contributed by atoms with Crippen molar-refractivity contribution in [2.75, 3.05) is 37.2 Å². The zero-order valence-electron chi connectivity index (χ0n) is 11.7. The number of rotatable bonds is 4. The number of benzene rings is 1. The van der Waals surface area contributed by atoms with Crippen LogP contribution in [0.25, 0.3) is 0 Å². The number of anilines is 1. The number of thioether (sulfide) groups is 1. The van der Waals surface area contributed by atoms with E-state index in [1.165, 1.54) is 30.1 Å². The van der Waals surface area contributed by atoms with Crippen molar-refractivity contribution in [1.29, 1.82) is 0 Å². The summed E-state index contributed by atoms with van der Waals surface area (Å²) in [4.78, 5) is 2.57. The van der Waals surface area contributed by atoms with Gasteiger partial charge in [0.25, 0.3) is 0 Å². The van der Waals surface area contributed by atoms with Gasteiger partial charge < -0.3 is 5.32 Å². The smallest absolute Gasteiger partial charge is 0.0343 e. The molecule has 0 radical (unpaired) electrons. The molecule has 1 heterocycles. The third-order valence-corrected chi connectivity index (χ3v) is 4.58. The van der Waals surface area contributed by atoms with E-state index < -0.39 is 0 Å². The van der Waals surface area contributed by atoms with E-state index in [9.17, 15) is 0 Å². The third kappa shape index (κ3) is 4.21. The second-order valence-corrected chi connectivity index (χ2v) is 7.48. The molecule has 0 unspecified atom stereocenters. The average Bonchev–Trinajstić information content (AvgIpc) is 2.28. The maximum absolute atomic E-state index is 3.51. The Morgan fingerprint density at radius 3 is 2.94 bits per heavy atom. The summed E-state index contributed by atoms with van der Waals surface area (Å²) in [7, 11) is 0. The molecule has 1 saturated heterocycles. The van der Waals surface area contributed by atoms with E-state index in [4.69, 9.17) is 0 Å². The minimum Gasteiger partial charge on any atom is -0.384 e. The highest BCUT2D eigenvalue weighted by Crippen LogP contribution is 2.29. The van der Waals surface area contributed by atoms with Crippen LogP contribution in [0.15, 0.2) is 24.3 Å². The topological polar surface area (TPSA) is 15.3 Å². The maximum Gasteiger partial charge on any atom is 0.0343 e. The average molecular weight is 264 g/mol. The Hall–Kier alpha value is -0.670. The van der Waals surface area contributed by atoms with Gasteiger partial charge in [0.05, 0.1) is 0 Å². The molecular weight excluding hydrogens is 240 g/mol. The van der Waals surface area contributed by atoms with Gasteiger partial charge in [0.1, 0.15) is 0 Å². The lowest BCUT2D eigenvalue weighted by Crippen LogP contribution is -2.44. The molecule has 0 aromatic heterocycles. The summed E-state index contributed by atoms with van der Waals surface area (Å²) < 4.78 is 0.418. The fourth-order valence-corrected chi connectivity index (χ4v) is 3.59. The quantitative estimate of drug-likeness (QED) is 0.899. The van der Waals surface area contributed by atoms with E-state index in [0.29, 0.717) is 4.75 Å². The van der Waals surface area contributed by atoms with Crippen LogP contribution in [0.1, 0.15) is 19.4 Å². The third-order valence-electron chi connectivity index (χ3n) is 3.28. The van der Waals surface area contributed by atoms with Crippen molar-refractivity contribution < 1.29 is 0 Å². The highest BCUT2D eigenvalue weighted by atomic mass is 32.2. The van der Waals surface area contributed by atoms with Crippen LogP contribution < -0.4 is 5.32 Å². The zero-order valence-corrected chi connectivity index (χ0v) is 12.5. The van der Waals surface area contributed by atoms with Gasteiger partial charge in [0.2, 0.25) is 0 Å². The van der Waals surface area contributed by atoms with Crippen LogP contribution in [0.4, 0.5) is 5.69 Å². The van der Waals surface area contributed by atoms with Gasteiger partial charge in [-0.3, -0.25) is 4.90 Å². The molecule has 0 saturated carbocycles. The van der Waals surface area contributed by atoms with Gasteiger partial charge >= 0.3 is 0 Å². The normalized spacial score (nSPS) is 19.7. The lowest BCUT2D eigenvalue weighted by Gasteiger charge is -2.37. The summed E-state index contributed by atoms with van der Waals surface area (Å²) in [5.74, 6) is 1.26. The van der Waals surface area contributed by atoms with Crippen molar-refractivity contribution in [3.63, 3.8) is 0 Å². The van der Waals surface area contributed by atoms with Gasteiger partial charge in [-0.2, -0.15) is 11.8 Å². The van der Waals surface area contributed by atoms with E-state index in [1.54, 1.807) is 0 Å². The standard InChI is InChI=1S/C15H24N2S/c1-13-5-4-6-14(11-13)16-7-8-17-9-10-18-15(2,3)12-17/h4-6,11,16H,7-10,12H2,1-3H3. The lowest BCUT2D eigenvalue weighted by atomic mass is 10.2. The molecule has 1 fully saturated rings. The highest BCUT2D eigenvalue weighted by molar-refractivity contribution is 8.00. The Morgan fingerprint density at radius 1 is 1.39 bits per heavy atom. The minimum absolute atomic E-state index is 0.418. The molecule has 0 bridgehead atoms. The zero-order chi connectivity index (χ0) is 13.0. The Bertz CT molecular complexity index is 390. The highest BCUT2D eigenvalue weighted by Gasteiger charge is 2.26. The van der Waals surface area contributed by atoms with E-state index in [1.807, 2.05) is 0 Å². The van der Waals surface area contributed by atoms with Gasteiger partial charge in [-0.15, -0.1) is 0 Å². The van der Waals surface area contributed by atoms with E-state index in [0.717, 1.165) is 13.1 Å². The van der Waals surface area contributed by atoms with Gasteiger partial charge in [-0.25, -0.2) is 0 Å². The Morgan fingerprint density at radius 2 is 2.22 bits per heavy atom. The van der Waals surface area contributed by atoms with Crippen LogP contribution in [-0.4, -0.2) is 41.6 Å². The molecule has 0 amide bonds. The molecule has 100 valence electrons. The monoisotopic (exact) mass is 264 g/mol. The number of aryl methyl sites for hydroxylation is 1. The second-order valence-electron chi connectivity index (χ2n) is 5.68. The Kier molecular flexibility index (Phi) is 4.57. The molecule has 0 atom stereocenters. The molecule has 1 aromatic carbocycles. The van der Waals surface area contributed by atoms with E-state index in [-0.39, 0.29) is 0 Å². The van der Waals surface area contributed by atoms with Gasteiger partial charge in [0.15, 0.2) is 0 Å². The number of hydrogen-bond donors (Lipinski definition) is 1. The summed E-state index contributed by atoms with van der Waals surface area (Å²) in [5.41, 5.74) is 2.55. The molecule has 18 heavy (non-hydrogen) atoms. The minimum atomic E-state index is 0.418. The largest absolute Gasteiger partial charge is 0.384 e. The molecule has 1 aliphatic heterocycles. The van der Waals surface area contributed by atoms with Crippen LogP contribution in [0.3, 0.4) is 0 Å². The van der Waals surface area contributed by atoms with Crippen molar-refractivity contribution in [2.45, 2.75) is 25.5 Å². The molecule has 1 N–H and O–H groups in total. The summed E-state index contributed by atoms with van der Waals surface area (Å²) in [6.07, 6.45) is 0. The van der Waals surface area contributed by atoms with Gasteiger partial charge in [-0.05, 0) is 38.5 Å². The number of nitrogens with zero attached hydrogens (tertiary/aromatic N) is 1. The van der Waals surface area contributed by atoms with Crippen molar-refractivity contribution in [2.24, 2.45) is 0 Å². The molecule has 1 aromatic rings. The van der Waals surface area contributed by atoms with Crippen molar-refractivity contribution in [3.8, 4) is 0 Å². The SMILES string of the molecule is Cc1cccc(NCCN2CCSC(C)(C)C2)c1. The first kappa shape index (κ1) is 13.8. The molecule has 3 heteroatoms. The van der Waals surface area contributed by atoms with E-state index in [2.05, 4.69) is 67.0 Å². The summed E-state index contributed by atoms with van der Waals surface area (Å²) >= 11 is 2.09. The number of hydrogen-bond acceptors (Lipinski definition) is 3. The summed E-state index contributed by atoms with van der Waals surface area (Å²) in [6.45, 7) is 11.4. The van der Waals surface area contributed by atoms with Crippen LogP contribution in [0.5, 0.6) is 0 Å². The fraction of sp³-hybridized carbons (Fsp3) is 0.600. The molecular formula is C15H24N2S.